The van der Waals surface area contributed by atoms with Gasteiger partial charge in [0.05, 0.1) is 5.69 Å². The molecule has 1 heterocycles. The van der Waals surface area contributed by atoms with Crippen LogP contribution in [-0.4, -0.2) is 24.1 Å². The van der Waals surface area contributed by atoms with Crippen molar-refractivity contribution in [1.29, 1.82) is 10.5 Å². The Labute approximate surface area is 199 Å². The van der Waals surface area contributed by atoms with E-state index in [0.29, 0.717) is 22.4 Å². The van der Waals surface area contributed by atoms with Crippen LogP contribution in [0, 0.1) is 22.7 Å². The van der Waals surface area contributed by atoms with Gasteiger partial charge in [-0.05, 0) is 38.0 Å². The molecule has 1 N–H and O–H groups in total. The van der Waals surface area contributed by atoms with Crippen molar-refractivity contribution in [2.45, 2.75) is 38.3 Å². The number of carbonyl (C=O) groups is 2. The molecule has 7 heteroatoms. The average Bonchev–Trinajstić information content (AvgIpc) is 3.01. The highest BCUT2D eigenvalue weighted by Gasteiger charge is 2.53. The monoisotopic (exact) mass is 454 g/mol. The van der Waals surface area contributed by atoms with Crippen molar-refractivity contribution in [1.82, 2.24) is 5.32 Å². The van der Waals surface area contributed by atoms with Crippen LogP contribution in [0.1, 0.15) is 38.3 Å². The van der Waals surface area contributed by atoms with E-state index in [-0.39, 0.29) is 18.5 Å². The minimum absolute atomic E-state index is 0.115. The van der Waals surface area contributed by atoms with Crippen molar-refractivity contribution in [2.75, 3.05) is 11.4 Å². The molecule has 1 atom stereocenters. The first kappa shape index (κ1) is 24.3. The number of rotatable bonds is 6. The van der Waals surface area contributed by atoms with Crippen molar-refractivity contribution < 1.29 is 14.3 Å². The Hall–Kier alpha value is -4.36. The maximum atomic E-state index is 14.0. The maximum Gasteiger partial charge on any atom is 0.408 e. The molecule has 0 aliphatic carbocycles. The summed E-state index contributed by atoms with van der Waals surface area (Å²) in [7, 11) is 0. The number of hydrogen-bond acceptors (Lipinski definition) is 5. The van der Waals surface area contributed by atoms with Crippen LogP contribution >= 0.6 is 0 Å². The molecule has 172 valence electrons. The molecule has 1 aliphatic heterocycles. The van der Waals surface area contributed by atoms with Crippen LogP contribution in [0.5, 0.6) is 0 Å². The zero-order valence-electron chi connectivity index (χ0n) is 19.5. The predicted molar refractivity (Wildman–Crippen MR) is 129 cm³/mol. The third kappa shape index (κ3) is 4.69. The van der Waals surface area contributed by atoms with Crippen molar-refractivity contribution in [3.8, 4) is 12.1 Å². The lowest BCUT2D eigenvalue weighted by Crippen LogP contribution is -2.54. The molecule has 0 aromatic heterocycles. The number of alkyl carbamates (subject to hydrolysis) is 1. The van der Waals surface area contributed by atoms with E-state index >= 15 is 0 Å². The van der Waals surface area contributed by atoms with Gasteiger partial charge < -0.3 is 15.0 Å². The highest BCUT2D eigenvalue weighted by molar-refractivity contribution is 6.10. The van der Waals surface area contributed by atoms with Gasteiger partial charge in [0.15, 0.2) is 5.54 Å². The van der Waals surface area contributed by atoms with Gasteiger partial charge in [0.1, 0.15) is 23.3 Å². The largest absolute Gasteiger partial charge is 0.444 e. The van der Waals surface area contributed by atoms with Gasteiger partial charge in [-0.2, -0.15) is 10.5 Å². The normalized spacial score (nSPS) is 16.6. The summed E-state index contributed by atoms with van der Waals surface area (Å²) in [6.45, 7) is 9.16. The quantitative estimate of drug-likeness (QED) is 0.497. The molecule has 2 aromatic rings. The summed E-state index contributed by atoms with van der Waals surface area (Å²) in [5.41, 5.74) is -0.391. The third-order valence-electron chi connectivity index (χ3n) is 5.38. The Morgan fingerprint density at radius 1 is 1.12 bits per heavy atom. The summed E-state index contributed by atoms with van der Waals surface area (Å²) < 4.78 is 5.50. The molecular weight excluding hydrogens is 428 g/mol. The van der Waals surface area contributed by atoms with Crippen LogP contribution in [0.4, 0.5) is 10.5 Å². The number of allylic oxidation sites excluding steroid dienone is 1. The molecule has 3 rings (SSSR count). The number of nitrogens with zero attached hydrogens (tertiary/aromatic N) is 3. The second-order valence-corrected chi connectivity index (χ2v) is 8.87. The second-order valence-electron chi connectivity index (χ2n) is 8.87. The van der Waals surface area contributed by atoms with Crippen LogP contribution in [-0.2, 0) is 15.1 Å². The highest BCUT2D eigenvalue weighted by Crippen LogP contribution is 2.46. The van der Waals surface area contributed by atoms with Gasteiger partial charge in [-0.15, -0.1) is 6.58 Å². The van der Waals surface area contributed by atoms with E-state index in [0.717, 1.165) is 0 Å². The lowest BCUT2D eigenvalue weighted by Gasteiger charge is -2.32. The number of nitrogens with one attached hydrogen (secondary N) is 1. The van der Waals surface area contributed by atoms with E-state index in [4.69, 9.17) is 4.74 Å². The number of benzene rings is 2. The van der Waals surface area contributed by atoms with E-state index in [1.807, 2.05) is 18.2 Å². The fourth-order valence-electron chi connectivity index (χ4n) is 4.05. The average molecular weight is 455 g/mol. The molecule has 0 bridgehead atoms. The minimum atomic E-state index is -1.59. The molecule has 0 unspecified atom stereocenters. The molecule has 0 saturated heterocycles. The SMILES string of the molecule is C=CCN1C(=O)[C@](CC(=C(C#N)C#N)c2ccccc2)(NC(=O)OC(C)(C)C)c2ccccc21. The first-order chi connectivity index (χ1) is 16.2. The summed E-state index contributed by atoms with van der Waals surface area (Å²) >= 11 is 0. The molecular formula is C27H26N4O3. The standard InChI is InChI=1S/C27H26N4O3/c1-5-15-31-23-14-10-9-13-22(23)27(24(31)32,30-25(33)34-26(2,3)4)16-21(20(17-28)18-29)19-11-7-6-8-12-19/h5-14H,1,15-16H2,2-4H3,(H,30,33)/t27-/m1/s1. The fourth-order valence-corrected chi connectivity index (χ4v) is 4.05. The van der Waals surface area contributed by atoms with E-state index in [9.17, 15) is 20.1 Å². The van der Waals surface area contributed by atoms with Crippen LogP contribution in [0.25, 0.3) is 5.57 Å². The van der Waals surface area contributed by atoms with Crippen LogP contribution < -0.4 is 10.2 Å². The number of fused-ring (bicyclic) bond motifs is 1. The molecule has 2 aromatic carbocycles. The molecule has 0 radical (unpaired) electrons. The minimum Gasteiger partial charge on any atom is -0.444 e. The molecule has 1 aliphatic rings. The molecule has 0 spiro atoms. The number of nitriles is 2. The van der Waals surface area contributed by atoms with Gasteiger partial charge in [-0.1, -0.05) is 54.6 Å². The summed E-state index contributed by atoms with van der Waals surface area (Å²) in [6, 6.07) is 19.9. The van der Waals surface area contributed by atoms with Crippen molar-refractivity contribution >= 4 is 23.3 Å². The Kier molecular flexibility index (Phi) is 6.89. The van der Waals surface area contributed by atoms with Gasteiger partial charge in [-0.3, -0.25) is 4.79 Å². The number of anilines is 1. The van der Waals surface area contributed by atoms with Gasteiger partial charge in [-0.25, -0.2) is 4.79 Å². The molecule has 0 saturated carbocycles. The Bertz CT molecular complexity index is 1210. The van der Waals surface area contributed by atoms with Crippen molar-refractivity contribution in [3.63, 3.8) is 0 Å². The summed E-state index contributed by atoms with van der Waals surface area (Å²) in [5, 5.41) is 22.2. The van der Waals surface area contributed by atoms with Crippen LogP contribution in [0.3, 0.4) is 0 Å². The third-order valence-corrected chi connectivity index (χ3v) is 5.38. The number of para-hydroxylation sites is 1. The van der Waals surface area contributed by atoms with Crippen LogP contribution in [0.2, 0.25) is 0 Å². The molecule has 0 fully saturated rings. The lowest BCUT2D eigenvalue weighted by atomic mass is 9.81. The second kappa shape index (κ2) is 9.64. The highest BCUT2D eigenvalue weighted by atomic mass is 16.6. The molecule has 7 nitrogen and oxygen atoms in total. The van der Waals surface area contributed by atoms with Crippen molar-refractivity contribution in [3.05, 3.63) is 84.0 Å². The fraction of sp³-hybridized carbons (Fsp3) is 0.259. The Balaban J connectivity index is 2.25. The van der Waals surface area contributed by atoms with E-state index in [1.54, 1.807) is 75.4 Å². The Morgan fingerprint density at radius 2 is 1.74 bits per heavy atom. The summed E-state index contributed by atoms with van der Waals surface area (Å²) in [4.78, 5) is 28.5. The van der Waals surface area contributed by atoms with E-state index in [2.05, 4.69) is 11.9 Å². The maximum absolute atomic E-state index is 14.0. The van der Waals surface area contributed by atoms with Gasteiger partial charge >= 0.3 is 6.09 Å². The lowest BCUT2D eigenvalue weighted by molar-refractivity contribution is -0.124. The zero-order valence-corrected chi connectivity index (χ0v) is 19.5. The van der Waals surface area contributed by atoms with Crippen molar-refractivity contribution in [2.24, 2.45) is 0 Å². The Morgan fingerprint density at radius 3 is 2.32 bits per heavy atom. The molecule has 2 amide bonds. The summed E-state index contributed by atoms with van der Waals surface area (Å²) in [6.07, 6.45) is 0.706. The first-order valence-corrected chi connectivity index (χ1v) is 10.8. The van der Waals surface area contributed by atoms with Crippen LogP contribution in [0.15, 0.2) is 72.8 Å². The number of amides is 2. The number of ether oxygens (including phenoxy) is 1. The number of carbonyl (C=O) groups excluding carboxylic acids is 2. The van der Waals surface area contributed by atoms with Gasteiger partial charge in [0, 0.05) is 18.5 Å². The zero-order chi connectivity index (χ0) is 24.9. The van der Waals surface area contributed by atoms with Gasteiger partial charge in [0.25, 0.3) is 5.91 Å². The van der Waals surface area contributed by atoms with E-state index in [1.165, 1.54) is 4.90 Å². The molecule has 34 heavy (non-hydrogen) atoms. The van der Waals surface area contributed by atoms with E-state index < -0.39 is 23.1 Å². The summed E-state index contributed by atoms with van der Waals surface area (Å²) in [5.74, 6) is -0.400. The first-order valence-electron chi connectivity index (χ1n) is 10.8. The predicted octanol–water partition coefficient (Wildman–Crippen LogP) is 4.83. The topological polar surface area (TPSA) is 106 Å². The smallest absolute Gasteiger partial charge is 0.408 e. The number of hydrogen-bond donors (Lipinski definition) is 1. The van der Waals surface area contributed by atoms with Gasteiger partial charge in [0.2, 0.25) is 0 Å².